The van der Waals surface area contributed by atoms with Crippen molar-refractivity contribution in [3.8, 4) is 5.75 Å². The van der Waals surface area contributed by atoms with E-state index in [0.29, 0.717) is 12.5 Å². The summed E-state index contributed by atoms with van der Waals surface area (Å²) in [5.74, 6) is 1.44. The average Bonchev–Trinajstić information content (AvgIpc) is 2.39. The monoisotopic (exact) mass is 329 g/mol. The van der Waals surface area contributed by atoms with Gasteiger partial charge in [0.15, 0.2) is 0 Å². The van der Waals surface area contributed by atoms with Gasteiger partial charge in [-0.2, -0.15) is 0 Å². The number of hydrogen-bond donors (Lipinski definition) is 1. The number of methoxy groups -OCH3 is 1. The molecule has 0 aliphatic carbocycles. The van der Waals surface area contributed by atoms with E-state index >= 15 is 0 Å². The number of ether oxygens (including phenoxy) is 2. The molecule has 0 saturated carbocycles. The number of benzene rings is 1. The molecule has 0 fully saturated rings. The first kappa shape index (κ1) is 16.5. The molecule has 108 valence electrons. The highest BCUT2D eigenvalue weighted by atomic mass is 79.9. The molecule has 0 heterocycles. The summed E-state index contributed by atoms with van der Waals surface area (Å²) in [6.45, 7) is 7.67. The van der Waals surface area contributed by atoms with E-state index < -0.39 is 0 Å². The second-order valence-electron chi connectivity index (χ2n) is 4.78. The molecule has 0 radical (unpaired) electrons. The van der Waals surface area contributed by atoms with Gasteiger partial charge in [0.2, 0.25) is 0 Å². The van der Waals surface area contributed by atoms with Crippen LogP contribution in [0.3, 0.4) is 0 Å². The van der Waals surface area contributed by atoms with Gasteiger partial charge in [-0.1, -0.05) is 29.8 Å². The predicted molar refractivity (Wildman–Crippen MR) is 83.1 cm³/mol. The van der Waals surface area contributed by atoms with Gasteiger partial charge in [0.05, 0.1) is 0 Å². The minimum Gasteiger partial charge on any atom is -0.492 e. The number of halogens is 1. The maximum Gasteiger partial charge on any atom is 0.122 e. The van der Waals surface area contributed by atoms with E-state index in [1.54, 1.807) is 7.11 Å². The Labute approximate surface area is 124 Å². The SMILES string of the molecule is COCCCNCCOc1ccc(Br)cc1C(C)C. The molecule has 0 saturated heterocycles. The summed E-state index contributed by atoms with van der Waals surface area (Å²) in [4.78, 5) is 0. The molecule has 0 atom stereocenters. The number of rotatable bonds is 9. The number of nitrogens with one attached hydrogen (secondary N) is 1. The fourth-order valence-corrected chi connectivity index (χ4v) is 2.18. The summed E-state index contributed by atoms with van der Waals surface area (Å²) in [5, 5.41) is 3.34. The highest BCUT2D eigenvalue weighted by Gasteiger charge is 2.08. The molecule has 4 heteroatoms. The predicted octanol–water partition coefficient (Wildman–Crippen LogP) is 3.58. The molecular formula is C15H24BrNO2. The molecule has 3 nitrogen and oxygen atoms in total. The topological polar surface area (TPSA) is 30.5 Å². The molecular weight excluding hydrogens is 306 g/mol. The van der Waals surface area contributed by atoms with Gasteiger partial charge in [-0.25, -0.2) is 0 Å². The summed E-state index contributed by atoms with van der Waals surface area (Å²) in [6, 6.07) is 6.18. The lowest BCUT2D eigenvalue weighted by atomic mass is 10.0. The maximum absolute atomic E-state index is 5.85. The Morgan fingerprint density at radius 1 is 1.21 bits per heavy atom. The van der Waals surface area contributed by atoms with Crippen molar-refractivity contribution in [1.29, 1.82) is 0 Å². The van der Waals surface area contributed by atoms with E-state index in [2.05, 4.69) is 41.2 Å². The van der Waals surface area contributed by atoms with Crippen molar-refractivity contribution < 1.29 is 9.47 Å². The summed E-state index contributed by atoms with van der Waals surface area (Å²) in [6.07, 6.45) is 1.03. The Balaban J connectivity index is 2.33. The summed E-state index contributed by atoms with van der Waals surface area (Å²) in [5.41, 5.74) is 1.24. The fraction of sp³-hybridized carbons (Fsp3) is 0.600. The van der Waals surface area contributed by atoms with E-state index in [1.807, 2.05) is 12.1 Å². The van der Waals surface area contributed by atoms with Crippen molar-refractivity contribution in [3.05, 3.63) is 28.2 Å². The lowest BCUT2D eigenvalue weighted by Crippen LogP contribution is -2.23. The van der Waals surface area contributed by atoms with Crippen LogP contribution in [0.2, 0.25) is 0 Å². The van der Waals surface area contributed by atoms with Gasteiger partial charge in [0.25, 0.3) is 0 Å². The second-order valence-corrected chi connectivity index (χ2v) is 5.70. The molecule has 0 aromatic heterocycles. The summed E-state index contributed by atoms with van der Waals surface area (Å²) in [7, 11) is 1.73. The lowest BCUT2D eigenvalue weighted by molar-refractivity contribution is 0.193. The van der Waals surface area contributed by atoms with Crippen LogP contribution in [0, 0.1) is 0 Å². The minimum absolute atomic E-state index is 0.460. The summed E-state index contributed by atoms with van der Waals surface area (Å²) >= 11 is 3.50. The standard InChI is InChI=1S/C15H24BrNO2/c1-12(2)14-11-13(16)5-6-15(14)19-10-8-17-7-4-9-18-3/h5-6,11-12,17H,4,7-10H2,1-3H3. The first-order chi connectivity index (χ1) is 9.15. The zero-order valence-corrected chi connectivity index (χ0v) is 13.6. The fourth-order valence-electron chi connectivity index (χ4n) is 1.80. The third kappa shape index (κ3) is 6.41. The van der Waals surface area contributed by atoms with Gasteiger partial charge in [-0.05, 0) is 42.6 Å². The number of hydrogen-bond acceptors (Lipinski definition) is 3. The lowest BCUT2D eigenvalue weighted by Gasteiger charge is -2.14. The zero-order chi connectivity index (χ0) is 14.1. The van der Waals surface area contributed by atoms with Crippen LogP contribution in [-0.4, -0.2) is 33.4 Å². The van der Waals surface area contributed by atoms with Crippen molar-refractivity contribution in [2.75, 3.05) is 33.4 Å². The zero-order valence-electron chi connectivity index (χ0n) is 12.0. The molecule has 1 aromatic carbocycles. The van der Waals surface area contributed by atoms with Crippen LogP contribution in [-0.2, 0) is 4.74 Å². The molecule has 1 aromatic rings. The highest BCUT2D eigenvalue weighted by Crippen LogP contribution is 2.29. The molecule has 0 amide bonds. The van der Waals surface area contributed by atoms with E-state index in [4.69, 9.17) is 9.47 Å². The van der Waals surface area contributed by atoms with Crippen LogP contribution in [0.4, 0.5) is 0 Å². The Kier molecular flexibility index (Phi) is 8.10. The average molecular weight is 330 g/mol. The van der Waals surface area contributed by atoms with E-state index in [-0.39, 0.29) is 0 Å². The normalized spacial score (nSPS) is 11.0. The van der Waals surface area contributed by atoms with Crippen molar-refractivity contribution in [2.45, 2.75) is 26.2 Å². The Bertz CT molecular complexity index is 369. The smallest absolute Gasteiger partial charge is 0.122 e. The first-order valence-electron chi connectivity index (χ1n) is 6.77. The van der Waals surface area contributed by atoms with Crippen molar-refractivity contribution in [2.24, 2.45) is 0 Å². The molecule has 0 bridgehead atoms. The van der Waals surface area contributed by atoms with E-state index in [9.17, 15) is 0 Å². The molecule has 1 rings (SSSR count). The van der Waals surface area contributed by atoms with Crippen molar-refractivity contribution in [1.82, 2.24) is 5.32 Å². The van der Waals surface area contributed by atoms with Gasteiger partial charge >= 0.3 is 0 Å². The van der Waals surface area contributed by atoms with Crippen LogP contribution < -0.4 is 10.1 Å². The third-order valence-corrected chi connectivity index (χ3v) is 3.33. The second kappa shape index (κ2) is 9.34. The highest BCUT2D eigenvalue weighted by molar-refractivity contribution is 9.10. The molecule has 1 N–H and O–H groups in total. The van der Waals surface area contributed by atoms with Crippen LogP contribution in [0.25, 0.3) is 0 Å². The van der Waals surface area contributed by atoms with Crippen LogP contribution in [0.15, 0.2) is 22.7 Å². The Hall–Kier alpha value is -0.580. The molecule has 0 spiro atoms. The first-order valence-corrected chi connectivity index (χ1v) is 7.56. The molecule has 0 aliphatic rings. The quantitative estimate of drug-likeness (QED) is 0.702. The largest absolute Gasteiger partial charge is 0.492 e. The van der Waals surface area contributed by atoms with Crippen LogP contribution in [0.5, 0.6) is 5.75 Å². The van der Waals surface area contributed by atoms with E-state index in [0.717, 1.165) is 36.3 Å². The van der Waals surface area contributed by atoms with Crippen LogP contribution in [0.1, 0.15) is 31.7 Å². The Morgan fingerprint density at radius 3 is 2.68 bits per heavy atom. The Morgan fingerprint density at radius 2 is 2.00 bits per heavy atom. The van der Waals surface area contributed by atoms with Gasteiger partial charge in [0, 0.05) is 24.7 Å². The minimum atomic E-state index is 0.460. The summed E-state index contributed by atoms with van der Waals surface area (Å²) < 4.78 is 11.9. The van der Waals surface area contributed by atoms with Gasteiger partial charge in [-0.3, -0.25) is 0 Å². The maximum atomic E-state index is 5.85. The van der Waals surface area contributed by atoms with Gasteiger partial charge in [0.1, 0.15) is 12.4 Å². The van der Waals surface area contributed by atoms with Crippen molar-refractivity contribution in [3.63, 3.8) is 0 Å². The molecule has 0 aliphatic heterocycles. The molecule has 0 unspecified atom stereocenters. The van der Waals surface area contributed by atoms with Crippen molar-refractivity contribution >= 4 is 15.9 Å². The van der Waals surface area contributed by atoms with Crippen LogP contribution >= 0.6 is 15.9 Å². The van der Waals surface area contributed by atoms with E-state index in [1.165, 1.54) is 5.56 Å². The molecule has 19 heavy (non-hydrogen) atoms. The third-order valence-electron chi connectivity index (χ3n) is 2.83. The van der Waals surface area contributed by atoms with Gasteiger partial charge < -0.3 is 14.8 Å². The van der Waals surface area contributed by atoms with Gasteiger partial charge in [-0.15, -0.1) is 0 Å².